The first-order valence-corrected chi connectivity index (χ1v) is 7.58. The van der Waals surface area contributed by atoms with Gasteiger partial charge in [0.2, 0.25) is 5.91 Å². The fourth-order valence-electron chi connectivity index (χ4n) is 2.28. The lowest BCUT2D eigenvalue weighted by atomic mass is 10.2. The Labute approximate surface area is 154 Å². The normalized spacial score (nSPS) is 14.0. The quantitative estimate of drug-likeness (QED) is 0.644. The summed E-state index contributed by atoms with van der Waals surface area (Å²) in [6.07, 6.45) is 2.72. The molecule has 0 bridgehead atoms. The molecule has 1 aliphatic rings. The number of carbonyl (C=O) groups excluding carboxylic acids is 1. The molecule has 8 heteroatoms. The summed E-state index contributed by atoms with van der Waals surface area (Å²) in [6, 6.07) is 5.46. The maximum absolute atomic E-state index is 11.9. The van der Waals surface area contributed by atoms with Crippen LogP contribution in [0, 0.1) is 5.92 Å². The smallest absolute Gasteiger partial charge is 0.222 e. The van der Waals surface area contributed by atoms with Crippen LogP contribution in [0.2, 0.25) is 5.02 Å². The van der Waals surface area contributed by atoms with Gasteiger partial charge >= 0.3 is 0 Å². The van der Waals surface area contributed by atoms with E-state index in [9.17, 15) is 4.79 Å². The zero-order valence-electron chi connectivity index (χ0n) is 13.0. The Morgan fingerprint density at radius 2 is 2.13 bits per heavy atom. The molecule has 23 heavy (non-hydrogen) atoms. The Morgan fingerprint density at radius 1 is 1.43 bits per heavy atom. The average Bonchev–Trinajstić information content (AvgIpc) is 3.29. The number of anilines is 1. The van der Waals surface area contributed by atoms with Gasteiger partial charge in [0.05, 0.1) is 12.8 Å². The molecule has 1 saturated carbocycles. The number of halogens is 3. The molecule has 1 amide bonds. The molecule has 1 unspecified atom stereocenters. The number of amides is 1. The van der Waals surface area contributed by atoms with E-state index in [-0.39, 0.29) is 36.8 Å². The first kappa shape index (κ1) is 22.1. The molecule has 4 N–H and O–H groups in total. The van der Waals surface area contributed by atoms with Crippen LogP contribution >= 0.6 is 36.4 Å². The first-order chi connectivity index (χ1) is 10.1. The van der Waals surface area contributed by atoms with E-state index in [1.165, 1.54) is 12.8 Å². The number of hydrogen-bond donors (Lipinski definition) is 3. The molecule has 0 heterocycles. The largest absolute Gasteiger partial charge is 0.495 e. The summed E-state index contributed by atoms with van der Waals surface area (Å²) in [5.41, 5.74) is 6.46. The van der Waals surface area contributed by atoms with E-state index >= 15 is 0 Å². The first-order valence-electron chi connectivity index (χ1n) is 7.21. The molecule has 2 rings (SSSR count). The standard InChI is InChI=1S/C15H22ClN3O2.2ClH/c1-21-14-5-4-11(16)8-12(14)18-7-6-15(20)19-13(9-17)10-2-3-10;;/h4-5,8,10,13,18H,2-3,6-7,9,17H2,1H3,(H,19,20);2*1H. The number of benzene rings is 1. The summed E-state index contributed by atoms with van der Waals surface area (Å²) >= 11 is 5.96. The molecule has 0 radical (unpaired) electrons. The van der Waals surface area contributed by atoms with Gasteiger partial charge in [0.15, 0.2) is 0 Å². The highest BCUT2D eigenvalue weighted by molar-refractivity contribution is 6.30. The van der Waals surface area contributed by atoms with Crippen molar-refractivity contribution in [3.8, 4) is 5.75 Å². The van der Waals surface area contributed by atoms with Crippen LogP contribution in [0.25, 0.3) is 0 Å². The minimum absolute atomic E-state index is 0. The molecule has 1 aromatic rings. The molecule has 1 fully saturated rings. The van der Waals surface area contributed by atoms with E-state index in [1.54, 1.807) is 25.3 Å². The molecule has 0 aliphatic heterocycles. The van der Waals surface area contributed by atoms with E-state index < -0.39 is 0 Å². The van der Waals surface area contributed by atoms with Crippen LogP contribution in [-0.2, 0) is 4.79 Å². The summed E-state index contributed by atoms with van der Waals surface area (Å²) in [6.45, 7) is 1.02. The number of carbonyl (C=O) groups is 1. The molecule has 132 valence electrons. The van der Waals surface area contributed by atoms with Crippen molar-refractivity contribution in [1.29, 1.82) is 0 Å². The summed E-state index contributed by atoms with van der Waals surface area (Å²) in [5.74, 6) is 1.29. The lowest BCUT2D eigenvalue weighted by Gasteiger charge is -2.16. The lowest BCUT2D eigenvalue weighted by Crippen LogP contribution is -2.42. The zero-order valence-corrected chi connectivity index (χ0v) is 15.4. The van der Waals surface area contributed by atoms with Crippen molar-refractivity contribution in [3.05, 3.63) is 23.2 Å². The molecule has 1 aliphatic carbocycles. The highest BCUT2D eigenvalue weighted by atomic mass is 35.5. The van der Waals surface area contributed by atoms with Crippen molar-refractivity contribution in [3.63, 3.8) is 0 Å². The van der Waals surface area contributed by atoms with Gasteiger partial charge in [-0.05, 0) is 37.0 Å². The molecule has 0 spiro atoms. The highest BCUT2D eigenvalue weighted by Gasteiger charge is 2.30. The molecule has 5 nitrogen and oxygen atoms in total. The van der Waals surface area contributed by atoms with Crippen LogP contribution in [0.1, 0.15) is 19.3 Å². The monoisotopic (exact) mass is 383 g/mol. The van der Waals surface area contributed by atoms with Gasteiger partial charge in [-0.2, -0.15) is 0 Å². The van der Waals surface area contributed by atoms with Crippen molar-refractivity contribution in [1.82, 2.24) is 5.32 Å². The van der Waals surface area contributed by atoms with Gasteiger partial charge in [-0.1, -0.05) is 11.6 Å². The van der Waals surface area contributed by atoms with E-state index in [2.05, 4.69) is 10.6 Å². The van der Waals surface area contributed by atoms with E-state index in [0.717, 1.165) is 5.69 Å². The number of hydrogen-bond acceptors (Lipinski definition) is 4. The van der Waals surface area contributed by atoms with Crippen molar-refractivity contribution in [2.24, 2.45) is 11.7 Å². The van der Waals surface area contributed by atoms with Gasteiger partial charge in [-0.15, -0.1) is 24.8 Å². The van der Waals surface area contributed by atoms with Crippen LogP contribution < -0.4 is 21.1 Å². The van der Waals surface area contributed by atoms with Gasteiger partial charge in [0.1, 0.15) is 5.75 Å². The summed E-state index contributed by atoms with van der Waals surface area (Å²) < 4.78 is 5.24. The minimum Gasteiger partial charge on any atom is -0.495 e. The molecule has 1 aromatic carbocycles. The van der Waals surface area contributed by atoms with E-state index in [4.69, 9.17) is 22.1 Å². The molecular weight excluding hydrogens is 361 g/mol. The second-order valence-corrected chi connectivity index (χ2v) is 5.70. The van der Waals surface area contributed by atoms with Crippen molar-refractivity contribution < 1.29 is 9.53 Å². The predicted molar refractivity (Wildman–Crippen MR) is 99.3 cm³/mol. The second kappa shape index (κ2) is 10.8. The van der Waals surface area contributed by atoms with Crippen LogP contribution in [0.4, 0.5) is 5.69 Å². The van der Waals surface area contributed by atoms with E-state index in [1.807, 2.05) is 0 Å². The Morgan fingerprint density at radius 3 is 2.70 bits per heavy atom. The Hall–Kier alpha value is -0.880. The summed E-state index contributed by atoms with van der Waals surface area (Å²) in [5, 5.41) is 6.79. The number of methoxy groups -OCH3 is 1. The molecule has 0 aromatic heterocycles. The lowest BCUT2D eigenvalue weighted by molar-refractivity contribution is -0.121. The SMILES string of the molecule is COc1ccc(Cl)cc1NCCC(=O)NC(CN)C1CC1.Cl.Cl. The van der Waals surface area contributed by atoms with Gasteiger partial charge in [0, 0.05) is 30.6 Å². The van der Waals surface area contributed by atoms with Gasteiger partial charge in [0.25, 0.3) is 0 Å². The topological polar surface area (TPSA) is 76.4 Å². The number of nitrogens with two attached hydrogens (primary N) is 1. The number of nitrogens with one attached hydrogen (secondary N) is 2. The van der Waals surface area contributed by atoms with Crippen LogP contribution in [0.15, 0.2) is 18.2 Å². The van der Waals surface area contributed by atoms with Crippen LogP contribution in [0.5, 0.6) is 5.75 Å². The summed E-state index contributed by atoms with van der Waals surface area (Å²) in [4.78, 5) is 11.9. The molecule has 1 atom stereocenters. The van der Waals surface area contributed by atoms with Gasteiger partial charge < -0.3 is 21.1 Å². The van der Waals surface area contributed by atoms with Crippen LogP contribution in [0.3, 0.4) is 0 Å². The van der Waals surface area contributed by atoms with E-state index in [0.29, 0.717) is 36.2 Å². The Kier molecular flexibility index (Phi) is 10.4. The fraction of sp³-hybridized carbons (Fsp3) is 0.533. The third-order valence-electron chi connectivity index (χ3n) is 3.62. The Bertz CT molecular complexity index is 499. The minimum atomic E-state index is 0. The second-order valence-electron chi connectivity index (χ2n) is 5.27. The van der Waals surface area contributed by atoms with Crippen molar-refractivity contribution >= 4 is 48.0 Å². The maximum atomic E-state index is 11.9. The van der Waals surface area contributed by atoms with Crippen molar-refractivity contribution in [2.75, 3.05) is 25.5 Å². The van der Waals surface area contributed by atoms with Crippen molar-refractivity contribution in [2.45, 2.75) is 25.3 Å². The zero-order chi connectivity index (χ0) is 15.2. The predicted octanol–water partition coefficient (Wildman–Crippen LogP) is 2.85. The maximum Gasteiger partial charge on any atom is 0.222 e. The molecular formula is C15H24Cl3N3O2. The highest BCUT2D eigenvalue weighted by Crippen LogP contribution is 2.32. The third-order valence-corrected chi connectivity index (χ3v) is 3.86. The Balaban J connectivity index is 0.00000242. The average molecular weight is 385 g/mol. The van der Waals surface area contributed by atoms with Gasteiger partial charge in [-0.25, -0.2) is 0 Å². The number of rotatable bonds is 8. The number of ether oxygens (including phenoxy) is 1. The van der Waals surface area contributed by atoms with Crippen LogP contribution in [-0.4, -0.2) is 32.1 Å². The summed E-state index contributed by atoms with van der Waals surface area (Å²) in [7, 11) is 1.60. The fourth-order valence-corrected chi connectivity index (χ4v) is 2.45. The molecule has 0 saturated heterocycles. The third kappa shape index (κ3) is 7.04. The van der Waals surface area contributed by atoms with Gasteiger partial charge in [-0.3, -0.25) is 4.79 Å².